The molecule has 0 fully saturated rings. The topological polar surface area (TPSA) is 126 Å². The van der Waals surface area contributed by atoms with Crippen LogP contribution in [0.15, 0.2) is 0 Å². The number of unbranched alkanes of at least 4 members (excludes halogenated alkanes) is 2. The monoisotopic (exact) mass is 427 g/mol. The second kappa shape index (κ2) is 29.0. The first-order valence-electron chi connectivity index (χ1n) is 9.92. The van der Waals surface area contributed by atoms with Gasteiger partial charge in [-0.2, -0.15) is 0 Å². The normalized spacial score (nSPS) is 10.6. The number of rotatable bonds is 19. The summed E-state index contributed by atoms with van der Waals surface area (Å²) in [6.07, 6.45) is 8.16. The van der Waals surface area contributed by atoms with Crippen LogP contribution in [0.5, 0.6) is 0 Å². The van der Waals surface area contributed by atoms with Gasteiger partial charge in [0.1, 0.15) is 0 Å². The predicted molar refractivity (Wildman–Crippen MR) is 113 cm³/mol. The number of nitrogens with two attached hydrogens (primary N) is 3. The predicted octanol–water partition coefficient (Wildman–Crippen LogP) is -1.25. The van der Waals surface area contributed by atoms with Crippen molar-refractivity contribution in [2.24, 2.45) is 17.2 Å². The molecule has 10 N–H and O–H groups in total. The molecule has 0 saturated heterocycles. The zero-order valence-corrected chi connectivity index (χ0v) is 18.1. The van der Waals surface area contributed by atoms with Crippen LogP contribution in [0, 0.1) is 0 Å². The Morgan fingerprint density at radius 2 is 0.800 bits per heavy atom. The van der Waals surface area contributed by atoms with Crippen molar-refractivity contribution in [2.45, 2.75) is 44.9 Å². The van der Waals surface area contributed by atoms with E-state index in [9.17, 15) is 0 Å². The minimum absolute atomic E-state index is 0.785. The molecule has 0 spiro atoms. The van der Waals surface area contributed by atoms with Crippen molar-refractivity contribution in [1.29, 1.82) is 0 Å². The third-order valence-corrected chi connectivity index (χ3v) is 3.99. The molecule has 7 nitrogen and oxygen atoms in total. The molecule has 0 atom stereocenters. The summed E-state index contributed by atoms with van der Waals surface area (Å²) in [4.78, 5) is 0. The summed E-state index contributed by atoms with van der Waals surface area (Å²) < 4.78 is 3.05. The van der Waals surface area contributed by atoms with Crippen LogP contribution in [0.4, 0.5) is 0 Å². The van der Waals surface area contributed by atoms with Crippen molar-refractivity contribution in [3.63, 3.8) is 0 Å². The van der Waals surface area contributed by atoms with E-state index in [1.165, 1.54) is 25.7 Å². The zero-order valence-electron chi connectivity index (χ0n) is 16.2. The molecule has 8 heteroatoms. The summed E-state index contributed by atoms with van der Waals surface area (Å²) in [5.74, 6) is 0. The molecule has 0 heterocycles. The van der Waals surface area contributed by atoms with Crippen molar-refractivity contribution >= 4 is 16.2 Å². The van der Waals surface area contributed by atoms with Crippen LogP contribution < -0.4 is 37.5 Å². The molecule has 0 amide bonds. The molecule has 0 aromatic carbocycles. The molecular formula is C17H45N7Se. The van der Waals surface area contributed by atoms with E-state index < -0.39 is 0 Å². The first-order chi connectivity index (χ1) is 12.3. The Morgan fingerprint density at radius 1 is 0.440 bits per heavy atom. The molecule has 0 aliphatic heterocycles. The third kappa shape index (κ3) is 32.4. The van der Waals surface area contributed by atoms with Gasteiger partial charge in [0.05, 0.1) is 0 Å². The second-order valence-electron chi connectivity index (χ2n) is 6.00. The van der Waals surface area contributed by atoms with Gasteiger partial charge < -0.3 is 22.1 Å². The maximum absolute atomic E-state index is 5.38. The van der Waals surface area contributed by atoms with Gasteiger partial charge in [0, 0.05) is 0 Å². The van der Waals surface area contributed by atoms with E-state index in [-0.39, 0.29) is 0 Å². The van der Waals surface area contributed by atoms with Crippen molar-refractivity contribution in [2.75, 3.05) is 65.4 Å². The Morgan fingerprint density at radius 3 is 1.20 bits per heavy atom. The van der Waals surface area contributed by atoms with Gasteiger partial charge in [0.2, 0.25) is 0 Å². The van der Waals surface area contributed by atoms with Crippen LogP contribution in [-0.4, -0.2) is 81.7 Å². The van der Waals surface area contributed by atoms with Gasteiger partial charge >= 0.3 is 77.1 Å². The van der Waals surface area contributed by atoms with Crippen LogP contribution in [0.25, 0.3) is 0 Å². The fraction of sp³-hybridized carbons (Fsp3) is 1.00. The van der Waals surface area contributed by atoms with Gasteiger partial charge in [-0.1, -0.05) is 0 Å². The molecule has 0 aromatic rings. The van der Waals surface area contributed by atoms with Gasteiger partial charge in [-0.3, -0.25) is 0 Å². The van der Waals surface area contributed by atoms with E-state index in [1.54, 1.807) is 0 Å². The average Bonchev–Trinajstić information content (AvgIpc) is 2.63. The van der Waals surface area contributed by atoms with E-state index in [4.69, 9.17) is 17.2 Å². The summed E-state index contributed by atoms with van der Waals surface area (Å²) in [5.41, 5.74) is 16.1. The Hall–Kier alpha value is 0.239. The Balaban J connectivity index is 0. The first kappa shape index (κ1) is 27.5. The van der Waals surface area contributed by atoms with E-state index in [2.05, 4.69) is 36.5 Å². The summed E-state index contributed by atoms with van der Waals surface area (Å²) >= 11 is 2.37. The van der Waals surface area contributed by atoms with Crippen molar-refractivity contribution < 1.29 is 0 Å². The van der Waals surface area contributed by atoms with E-state index in [0.29, 0.717) is 0 Å². The van der Waals surface area contributed by atoms with Gasteiger partial charge in [-0.25, -0.2) is 0 Å². The van der Waals surface area contributed by atoms with Crippen LogP contribution in [-0.2, 0) is 0 Å². The molecule has 154 valence electrons. The standard InChI is InChI=1S/C10H26N4.C7H19N3Se/c11-5-3-9-13-7-1-2-8-14-10-4-6-12;8-4-1-2-5-9-6-3-7-10-11/h13-14H,1-12H2;9-11H,1-8H2. The van der Waals surface area contributed by atoms with Gasteiger partial charge in [0.25, 0.3) is 0 Å². The first-order valence-corrected chi connectivity index (χ1v) is 10.9. The molecule has 0 saturated carbocycles. The zero-order chi connectivity index (χ0) is 18.8. The Labute approximate surface area is 164 Å². The third-order valence-electron chi connectivity index (χ3n) is 3.52. The minimum Gasteiger partial charge on any atom is -0.330 e. The van der Waals surface area contributed by atoms with E-state index in [1.807, 2.05) is 0 Å². The van der Waals surface area contributed by atoms with Gasteiger partial charge in [-0.15, -0.1) is 0 Å². The van der Waals surface area contributed by atoms with E-state index >= 15 is 0 Å². The van der Waals surface area contributed by atoms with Crippen LogP contribution >= 0.6 is 0 Å². The Kier molecular flexibility index (Phi) is 31.9. The van der Waals surface area contributed by atoms with Gasteiger partial charge in [-0.05, 0) is 65.0 Å². The van der Waals surface area contributed by atoms with Crippen LogP contribution in [0.2, 0.25) is 0 Å². The molecule has 0 aliphatic rings. The summed E-state index contributed by atoms with van der Waals surface area (Å²) in [7, 11) is 0. The van der Waals surface area contributed by atoms with Gasteiger partial charge in [0.15, 0.2) is 0 Å². The second-order valence-corrected chi connectivity index (χ2v) is 6.66. The quantitative estimate of drug-likeness (QED) is 0.102. The maximum Gasteiger partial charge on any atom is -0.00369 e. The van der Waals surface area contributed by atoms with Crippen LogP contribution in [0.1, 0.15) is 44.9 Å². The summed E-state index contributed by atoms with van der Waals surface area (Å²) in [5, 5.41) is 10.1. The molecular weight excluding hydrogens is 381 g/mol. The minimum atomic E-state index is 0.785. The fourth-order valence-electron chi connectivity index (χ4n) is 2.02. The molecule has 0 radical (unpaired) electrons. The average molecular weight is 427 g/mol. The number of hydrogen-bond acceptors (Lipinski definition) is 7. The molecule has 0 unspecified atom stereocenters. The van der Waals surface area contributed by atoms with Crippen molar-refractivity contribution in [1.82, 2.24) is 20.3 Å². The maximum atomic E-state index is 5.38. The largest absolute Gasteiger partial charge is 0.330 e. The van der Waals surface area contributed by atoms with E-state index in [0.717, 1.165) is 84.7 Å². The SMILES string of the molecule is NCCCCNCCCN[SeH].NCCCNCCCCNCCCN. The molecule has 0 rings (SSSR count). The molecule has 0 bridgehead atoms. The van der Waals surface area contributed by atoms with Crippen LogP contribution in [0.3, 0.4) is 0 Å². The number of nitrogens with one attached hydrogen (secondary N) is 4. The molecule has 0 aliphatic carbocycles. The van der Waals surface area contributed by atoms with Crippen molar-refractivity contribution in [3.05, 3.63) is 0 Å². The summed E-state index contributed by atoms with van der Waals surface area (Å²) in [6, 6.07) is 0. The Bertz CT molecular complexity index is 191. The molecule has 25 heavy (non-hydrogen) atoms. The summed E-state index contributed by atoms with van der Waals surface area (Å²) in [6.45, 7) is 10.00. The molecule has 0 aromatic heterocycles. The van der Waals surface area contributed by atoms with Crippen molar-refractivity contribution in [3.8, 4) is 0 Å². The smallest absolute Gasteiger partial charge is 0.00369 e. The fourth-order valence-corrected chi connectivity index (χ4v) is 2.35. The number of hydrogen-bond donors (Lipinski definition) is 7.